The highest BCUT2D eigenvalue weighted by Crippen LogP contribution is 2.36. The number of alkyl halides is 3. The second-order valence-electron chi connectivity index (χ2n) is 4.54. The first-order valence-electron chi connectivity index (χ1n) is 5.61. The molecule has 5 heteroatoms. The summed E-state index contributed by atoms with van der Waals surface area (Å²) in [7, 11) is 0. The van der Waals surface area contributed by atoms with E-state index in [0.29, 0.717) is 12.2 Å². The Hall–Kier alpha value is -1.23. The van der Waals surface area contributed by atoms with E-state index in [1.807, 2.05) is 0 Å². The lowest BCUT2D eigenvalue weighted by Gasteiger charge is -2.42. The summed E-state index contributed by atoms with van der Waals surface area (Å²) >= 11 is 0. The zero-order valence-electron chi connectivity index (χ0n) is 9.35. The van der Waals surface area contributed by atoms with Gasteiger partial charge in [-0.1, -0.05) is 6.07 Å². The average molecular weight is 244 g/mol. The molecule has 2 rings (SSSR count). The van der Waals surface area contributed by atoms with Crippen molar-refractivity contribution in [3.63, 3.8) is 0 Å². The molecule has 1 fully saturated rings. The predicted octanol–water partition coefficient (Wildman–Crippen LogP) is 3.00. The van der Waals surface area contributed by atoms with Crippen molar-refractivity contribution in [1.82, 2.24) is 0 Å². The molecule has 0 saturated heterocycles. The normalized spacial score (nSPS) is 18.6. The largest absolute Gasteiger partial charge is 0.416 e. The molecule has 0 radical (unpaired) electrons. The van der Waals surface area contributed by atoms with Gasteiger partial charge >= 0.3 is 6.18 Å². The average Bonchev–Trinajstić information content (AvgIpc) is 2.23. The number of halogens is 3. The highest BCUT2D eigenvalue weighted by Gasteiger charge is 2.36. The quantitative estimate of drug-likeness (QED) is 0.857. The van der Waals surface area contributed by atoms with Crippen LogP contribution in [0.1, 0.15) is 24.8 Å². The van der Waals surface area contributed by atoms with Crippen LogP contribution in [-0.4, -0.2) is 12.1 Å². The summed E-state index contributed by atoms with van der Waals surface area (Å²) in [5, 5.41) is 3.13. The summed E-state index contributed by atoms with van der Waals surface area (Å²) in [6.07, 6.45) is -1.39. The molecule has 0 spiro atoms. The lowest BCUT2D eigenvalue weighted by atomic mass is 9.76. The second kappa shape index (κ2) is 4.22. The van der Waals surface area contributed by atoms with Gasteiger partial charge in [0, 0.05) is 17.8 Å². The molecular formula is C12H15F3N2. The number of rotatable bonds is 3. The first kappa shape index (κ1) is 12.2. The Morgan fingerprint density at radius 3 is 2.47 bits per heavy atom. The molecule has 94 valence electrons. The number of hydrogen-bond donors (Lipinski definition) is 2. The Morgan fingerprint density at radius 2 is 2.00 bits per heavy atom. The Balaban J connectivity index is 2.17. The molecule has 0 atom stereocenters. The van der Waals surface area contributed by atoms with Crippen LogP contribution in [0.15, 0.2) is 24.3 Å². The van der Waals surface area contributed by atoms with Crippen molar-refractivity contribution in [3.8, 4) is 0 Å². The van der Waals surface area contributed by atoms with E-state index in [1.165, 1.54) is 6.07 Å². The van der Waals surface area contributed by atoms with E-state index in [1.54, 1.807) is 6.07 Å². The Bertz CT molecular complexity index is 391. The van der Waals surface area contributed by atoms with Gasteiger partial charge in [-0.3, -0.25) is 0 Å². The SMILES string of the molecule is NCC1(Nc2cccc(C(F)(F)F)c2)CCC1. The molecule has 1 aromatic carbocycles. The van der Waals surface area contributed by atoms with Crippen molar-refractivity contribution in [1.29, 1.82) is 0 Å². The van der Waals surface area contributed by atoms with E-state index < -0.39 is 11.7 Å². The molecule has 1 aromatic rings. The van der Waals surface area contributed by atoms with E-state index in [2.05, 4.69) is 5.32 Å². The van der Waals surface area contributed by atoms with Crippen LogP contribution in [0.2, 0.25) is 0 Å². The van der Waals surface area contributed by atoms with Gasteiger partial charge in [-0.2, -0.15) is 13.2 Å². The van der Waals surface area contributed by atoms with Crippen molar-refractivity contribution in [2.75, 3.05) is 11.9 Å². The van der Waals surface area contributed by atoms with Crippen LogP contribution < -0.4 is 11.1 Å². The zero-order valence-corrected chi connectivity index (χ0v) is 9.35. The standard InChI is InChI=1S/C12H15F3N2/c13-12(14,15)9-3-1-4-10(7-9)17-11(8-16)5-2-6-11/h1,3-4,7,17H,2,5-6,8,16H2. The highest BCUT2D eigenvalue weighted by atomic mass is 19.4. The smallest absolute Gasteiger partial charge is 0.378 e. The van der Waals surface area contributed by atoms with Gasteiger partial charge in [0.1, 0.15) is 0 Å². The molecule has 0 aliphatic heterocycles. The van der Waals surface area contributed by atoms with Crippen LogP contribution >= 0.6 is 0 Å². The molecule has 1 aliphatic rings. The summed E-state index contributed by atoms with van der Waals surface area (Å²) in [5.41, 5.74) is 5.31. The minimum atomic E-state index is -4.30. The molecule has 1 aliphatic carbocycles. The fraction of sp³-hybridized carbons (Fsp3) is 0.500. The van der Waals surface area contributed by atoms with Gasteiger partial charge in [0.05, 0.1) is 5.56 Å². The van der Waals surface area contributed by atoms with E-state index in [-0.39, 0.29) is 5.54 Å². The summed E-state index contributed by atoms with van der Waals surface area (Å²) in [6.45, 7) is 0.448. The third-order valence-electron chi connectivity index (χ3n) is 3.30. The van der Waals surface area contributed by atoms with Crippen LogP contribution in [0.25, 0.3) is 0 Å². The maximum atomic E-state index is 12.5. The van der Waals surface area contributed by atoms with Crippen LogP contribution in [0.5, 0.6) is 0 Å². The van der Waals surface area contributed by atoms with Gasteiger partial charge < -0.3 is 11.1 Å². The van der Waals surface area contributed by atoms with Gasteiger partial charge in [-0.05, 0) is 37.5 Å². The van der Waals surface area contributed by atoms with Crippen molar-refractivity contribution in [3.05, 3.63) is 29.8 Å². The van der Waals surface area contributed by atoms with Crippen LogP contribution in [0.4, 0.5) is 18.9 Å². The summed E-state index contributed by atoms with van der Waals surface area (Å²) in [6, 6.07) is 5.26. The Labute approximate surface area is 98.0 Å². The minimum absolute atomic E-state index is 0.204. The molecule has 0 unspecified atom stereocenters. The predicted molar refractivity (Wildman–Crippen MR) is 60.7 cm³/mol. The van der Waals surface area contributed by atoms with E-state index in [9.17, 15) is 13.2 Å². The Morgan fingerprint density at radius 1 is 1.29 bits per heavy atom. The van der Waals surface area contributed by atoms with Crippen molar-refractivity contribution < 1.29 is 13.2 Å². The fourth-order valence-electron chi connectivity index (χ4n) is 2.06. The zero-order chi connectivity index (χ0) is 12.5. The summed E-state index contributed by atoms with van der Waals surface area (Å²) in [4.78, 5) is 0. The molecule has 17 heavy (non-hydrogen) atoms. The third-order valence-corrected chi connectivity index (χ3v) is 3.30. The van der Waals surface area contributed by atoms with Gasteiger partial charge in [0.15, 0.2) is 0 Å². The van der Waals surface area contributed by atoms with Crippen LogP contribution in [0.3, 0.4) is 0 Å². The molecule has 0 amide bonds. The molecule has 0 aromatic heterocycles. The lowest BCUT2D eigenvalue weighted by molar-refractivity contribution is -0.137. The van der Waals surface area contributed by atoms with Gasteiger partial charge in [-0.15, -0.1) is 0 Å². The van der Waals surface area contributed by atoms with E-state index in [4.69, 9.17) is 5.73 Å². The van der Waals surface area contributed by atoms with Gasteiger partial charge in [-0.25, -0.2) is 0 Å². The molecule has 1 saturated carbocycles. The molecule has 3 N–H and O–H groups in total. The second-order valence-corrected chi connectivity index (χ2v) is 4.54. The molecular weight excluding hydrogens is 229 g/mol. The molecule has 0 bridgehead atoms. The number of nitrogens with one attached hydrogen (secondary N) is 1. The van der Waals surface area contributed by atoms with Crippen molar-refractivity contribution in [2.45, 2.75) is 31.0 Å². The lowest BCUT2D eigenvalue weighted by Crippen LogP contribution is -2.51. The summed E-state index contributed by atoms with van der Waals surface area (Å²) in [5.74, 6) is 0. The third kappa shape index (κ3) is 2.54. The Kier molecular flexibility index (Phi) is 3.03. The first-order chi connectivity index (χ1) is 7.95. The summed E-state index contributed by atoms with van der Waals surface area (Å²) < 4.78 is 37.6. The first-order valence-corrected chi connectivity index (χ1v) is 5.61. The van der Waals surface area contributed by atoms with Crippen molar-refractivity contribution >= 4 is 5.69 Å². The van der Waals surface area contributed by atoms with Crippen LogP contribution in [0, 0.1) is 0 Å². The monoisotopic (exact) mass is 244 g/mol. The number of benzene rings is 1. The highest BCUT2D eigenvalue weighted by molar-refractivity contribution is 5.49. The maximum Gasteiger partial charge on any atom is 0.416 e. The number of anilines is 1. The number of nitrogens with two attached hydrogens (primary N) is 1. The number of hydrogen-bond acceptors (Lipinski definition) is 2. The molecule has 0 heterocycles. The van der Waals surface area contributed by atoms with Crippen molar-refractivity contribution in [2.24, 2.45) is 5.73 Å². The van der Waals surface area contributed by atoms with Gasteiger partial charge in [0.25, 0.3) is 0 Å². The molecule has 2 nitrogen and oxygen atoms in total. The van der Waals surface area contributed by atoms with E-state index >= 15 is 0 Å². The minimum Gasteiger partial charge on any atom is -0.378 e. The maximum absolute atomic E-state index is 12.5. The topological polar surface area (TPSA) is 38.0 Å². The van der Waals surface area contributed by atoms with E-state index in [0.717, 1.165) is 31.4 Å². The fourth-order valence-corrected chi connectivity index (χ4v) is 2.06. The van der Waals surface area contributed by atoms with Crippen LogP contribution in [-0.2, 0) is 6.18 Å². The van der Waals surface area contributed by atoms with Gasteiger partial charge in [0.2, 0.25) is 0 Å².